The molecule has 0 aromatic heterocycles. The molecular formula is C21H27ClN2O5S. The second-order valence-electron chi connectivity index (χ2n) is 6.82. The summed E-state index contributed by atoms with van der Waals surface area (Å²) in [6.07, 6.45) is 1.70. The number of carbonyl (C=O) groups is 1. The van der Waals surface area contributed by atoms with Crippen LogP contribution >= 0.6 is 11.6 Å². The third-order valence-corrected chi connectivity index (χ3v) is 6.09. The lowest BCUT2D eigenvalue weighted by molar-refractivity contribution is -0.130. The second kappa shape index (κ2) is 10.5. The predicted octanol–water partition coefficient (Wildman–Crippen LogP) is 3.56. The minimum absolute atomic E-state index is 0.0814. The third kappa shape index (κ3) is 6.27. The molecule has 0 radical (unpaired) electrons. The van der Waals surface area contributed by atoms with E-state index in [4.69, 9.17) is 21.1 Å². The van der Waals surface area contributed by atoms with Gasteiger partial charge in [0.05, 0.1) is 31.2 Å². The summed E-state index contributed by atoms with van der Waals surface area (Å²) in [5.74, 6) is 1.10. The number of carbonyl (C=O) groups excluding carboxylic acids is 1. The van der Waals surface area contributed by atoms with Crippen molar-refractivity contribution in [1.82, 2.24) is 4.90 Å². The van der Waals surface area contributed by atoms with Crippen molar-refractivity contribution in [3.8, 4) is 11.5 Å². The lowest BCUT2D eigenvalue weighted by Crippen LogP contribution is -2.32. The second-order valence-corrected chi connectivity index (χ2v) is 9.13. The van der Waals surface area contributed by atoms with E-state index in [1.807, 2.05) is 24.3 Å². The van der Waals surface area contributed by atoms with E-state index in [0.717, 1.165) is 17.6 Å². The molecule has 0 fully saturated rings. The van der Waals surface area contributed by atoms with Gasteiger partial charge in [-0.05, 0) is 30.7 Å². The Labute approximate surface area is 183 Å². The maximum Gasteiger partial charge on any atom is 0.232 e. The summed E-state index contributed by atoms with van der Waals surface area (Å²) < 4.78 is 36.2. The van der Waals surface area contributed by atoms with Crippen LogP contribution in [0.3, 0.4) is 0 Å². The molecule has 0 saturated carbocycles. The average molecular weight is 455 g/mol. The van der Waals surface area contributed by atoms with Crippen molar-refractivity contribution in [2.24, 2.45) is 0 Å². The molecule has 0 spiro atoms. The molecule has 9 heteroatoms. The summed E-state index contributed by atoms with van der Waals surface area (Å²) in [4.78, 5) is 14.1. The van der Waals surface area contributed by atoms with Crippen molar-refractivity contribution in [1.29, 1.82) is 0 Å². The molecule has 30 heavy (non-hydrogen) atoms. The summed E-state index contributed by atoms with van der Waals surface area (Å²) >= 11 is 6.13. The Morgan fingerprint density at radius 2 is 1.73 bits per heavy atom. The first-order valence-corrected chi connectivity index (χ1v) is 11.6. The van der Waals surface area contributed by atoms with Crippen LogP contribution in [0.4, 0.5) is 5.69 Å². The monoisotopic (exact) mass is 454 g/mol. The lowest BCUT2D eigenvalue weighted by Gasteiger charge is -2.24. The van der Waals surface area contributed by atoms with Gasteiger partial charge in [0.2, 0.25) is 15.9 Å². The minimum atomic E-state index is -3.54. The third-order valence-electron chi connectivity index (χ3n) is 4.60. The van der Waals surface area contributed by atoms with E-state index in [1.54, 1.807) is 31.2 Å². The maximum absolute atomic E-state index is 12.5. The predicted molar refractivity (Wildman–Crippen MR) is 119 cm³/mol. The molecule has 0 saturated heterocycles. The molecule has 0 atom stereocenters. The number of hydrogen-bond acceptors (Lipinski definition) is 5. The van der Waals surface area contributed by atoms with Gasteiger partial charge in [-0.3, -0.25) is 9.10 Å². The summed E-state index contributed by atoms with van der Waals surface area (Å²) in [6, 6.07) is 12.3. The van der Waals surface area contributed by atoms with Gasteiger partial charge in [0.15, 0.2) is 0 Å². The van der Waals surface area contributed by atoms with E-state index >= 15 is 0 Å². The number of para-hydroxylation sites is 1. The number of rotatable bonds is 10. The molecule has 2 aromatic carbocycles. The highest BCUT2D eigenvalue weighted by atomic mass is 35.5. The highest BCUT2D eigenvalue weighted by Gasteiger charge is 2.20. The van der Waals surface area contributed by atoms with Crippen LogP contribution in [0.15, 0.2) is 42.5 Å². The first-order valence-electron chi connectivity index (χ1n) is 9.34. The van der Waals surface area contributed by atoms with Crippen LogP contribution in [0.25, 0.3) is 0 Å². The molecule has 0 N–H and O–H groups in total. The Balaban J connectivity index is 2.01. The Morgan fingerprint density at radius 3 is 2.33 bits per heavy atom. The molecule has 0 aliphatic heterocycles. The molecule has 0 unspecified atom stereocenters. The van der Waals surface area contributed by atoms with Gasteiger partial charge in [0, 0.05) is 32.1 Å². The van der Waals surface area contributed by atoms with E-state index in [2.05, 4.69) is 0 Å². The fraction of sp³-hybridized carbons (Fsp3) is 0.381. The summed E-state index contributed by atoms with van der Waals surface area (Å²) in [7, 11) is 1.25. The number of methoxy groups -OCH3 is 2. The Morgan fingerprint density at radius 1 is 1.07 bits per heavy atom. The van der Waals surface area contributed by atoms with Crippen LogP contribution in [-0.2, 0) is 21.4 Å². The number of hydrogen-bond donors (Lipinski definition) is 0. The number of anilines is 1. The number of amides is 1. The SMILES string of the molecule is COc1ccc(N(CCCC(=O)N(C)Cc2ccccc2OC)S(C)(=O)=O)cc1Cl. The highest BCUT2D eigenvalue weighted by Crippen LogP contribution is 2.30. The topological polar surface area (TPSA) is 76.2 Å². The number of ether oxygens (including phenoxy) is 2. The smallest absolute Gasteiger partial charge is 0.232 e. The summed E-state index contributed by atoms with van der Waals surface area (Å²) in [5.41, 5.74) is 1.33. The van der Waals surface area contributed by atoms with Gasteiger partial charge in [-0.2, -0.15) is 0 Å². The zero-order valence-electron chi connectivity index (χ0n) is 17.6. The lowest BCUT2D eigenvalue weighted by atomic mass is 10.2. The van der Waals surface area contributed by atoms with Crippen molar-refractivity contribution in [2.75, 3.05) is 38.4 Å². The normalized spacial score (nSPS) is 11.1. The zero-order chi connectivity index (χ0) is 22.3. The summed E-state index contributed by atoms with van der Waals surface area (Å²) in [6.45, 7) is 0.572. The van der Waals surface area contributed by atoms with Crippen LogP contribution in [0.5, 0.6) is 11.5 Å². The molecular weight excluding hydrogens is 428 g/mol. The van der Waals surface area contributed by atoms with Gasteiger partial charge < -0.3 is 14.4 Å². The first kappa shape index (κ1) is 23.8. The standard InChI is InChI=1S/C21H27ClN2O5S/c1-23(15-16-8-5-6-9-19(16)28-2)21(25)10-7-13-24(30(4,26)27)17-11-12-20(29-3)18(22)14-17/h5-6,8-9,11-12,14H,7,10,13,15H2,1-4H3. The van der Waals surface area contributed by atoms with Crippen molar-refractivity contribution < 1.29 is 22.7 Å². The quantitative estimate of drug-likeness (QED) is 0.548. The van der Waals surface area contributed by atoms with Gasteiger partial charge in [-0.25, -0.2) is 8.42 Å². The van der Waals surface area contributed by atoms with Gasteiger partial charge in [0.1, 0.15) is 11.5 Å². The van der Waals surface area contributed by atoms with Gasteiger partial charge in [-0.1, -0.05) is 29.8 Å². The van der Waals surface area contributed by atoms with Crippen molar-refractivity contribution in [3.05, 3.63) is 53.1 Å². The maximum atomic E-state index is 12.5. The summed E-state index contributed by atoms with van der Waals surface area (Å²) in [5, 5.41) is 0.316. The Bertz CT molecular complexity index is 981. The van der Waals surface area contributed by atoms with E-state index in [-0.39, 0.29) is 18.9 Å². The van der Waals surface area contributed by atoms with Crippen LogP contribution in [-0.4, -0.2) is 53.3 Å². The van der Waals surface area contributed by atoms with Crippen LogP contribution in [0.2, 0.25) is 5.02 Å². The molecule has 0 bridgehead atoms. The molecule has 0 aliphatic carbocycles. The highest BCUT2D eigenvalue weighted by molar-refractivity contribution is 7.92. The van der Waals surface area contributed by atoms with E-state index in [0.29, 0.717) is 29.4 Å². The molecule has 1 amide bonds. The molecule has 2 rings (SSSR count). The minimum Gasteiger partial charge on any atom is -0.496 e. The number of sulfonamides is 1. The largest absolute Gasteiger partial charge is 0.496 e. The van der Waals surface area contributed by atoms with E-state index in [9.17, 15) is 13.2 Å². The van der Waals surface area contributed by atoms with E-state index < -0.39 is 10.0 Å². The van der Waals surface area contributed by atoms with E-state index in [1.165, 1.54) is 17.5 Å². The van der Waals surface area contributed by atoms with Crippen LogP contribution in [0, 0.1) is 0 Å². The fourth-order valence-electron chi connectivity index (χ4n) is 3.04. The van der Waals surface area contributed by atoms with Gasteiger partial charge in [-0.15, -0.1) is 0 Å². The number of halogens is 1. The first-order chi connectivity index (χ1) is 14.2. The molecule has 0 heterocycles. The number of nitrogens with zero attached hydrogens (tertiary/aromatic N) is 2. The fourth-order valence-corrected chi connectivity index (χ4v) is 4.25. The number of benzene rings is 2. The van der Waals surface area contributed by atoms with Crippen LogP contribution < -0.4 is 13.8 Å². The average Bonchev–Trinajstić information content (AvgIpc) is 2.70. The van der Waals surface area contributed by atoms with Crippen molar-refractivity contribution in [3.63, 3.8) is 0 Å². The molecule has 2 aromatic rings. The van der Waals surface area contributed by atoms with Gasteiger partial charge in [0.25, 0.3) is 0 Å². The van der Waals surface area contributed by atoms with Crippen molar-refractivity contribution in [2.45, 2.75) is 19.4 Å². The molecule has 164 valence electrons. The Kier molecular flexibility index (Phi) is 8.37. The Hall–Kier alpha value is -2.45. The van der Waals surface area contributed by atoms with Crippen LogP contribution in [0.1, 0.15) is 18.4 Å². The zero-order valence-corrected chi connectivity index (χ0v) is 19.2. The van der Waals surface area contributed by atoms with Gasteiger partial charge >= 0.3 is 0 Å². The van der Waals surface area contributed by atoms with Crippen molar-refractivity contribution >= 4 is 33.2 Å². The molecule has 7 nitrogen and oxygen atoms in total. The molecule has 0 aliphatic rings.